The van der Waals surface area contributed by atoms with Crippen LogP contribution in [0.5, 0.6) is 0 Å². The molecule has 1 heterocycles. The van der Waals surface area contributed by atoms with Gasteiger partial charge in [-0.1, -0.05) is 157 Å². The summed E-state index contributed by atoms with van der Waals surface area (Å²) < 4.78 is 6.39. The van der Waals surface area contributed by atoms with Crippen LogP contribution in [0.25, 0.3) is 44.2 Å². The van der Waals surface area contributed by atoms with Crippen LogP contribution in [0.15, 0.2) is 199 Å². The summed E-state index contributed by atoms with van der Waals surface area (Å²) in [5.41, 5.74) is 15.9. The highest BCUT2D eigenvalue weighted by molar-refractivity contribution is 6.09. The van der Waals surface area contributed by atoms with Crippen LogP contribution in [0.2, 0.25) is 0 Å². The van der Waals surface area contributed by atoms with E-state index in [9.17, 15) is 0 Å². The van der Waals surface area contributed by atoms with E-state index in [2.05, 4.69) is 194 Å². The first-order valence-electron chi connectivity index (χ1n) is 17.9. The molecule has 0 saturated heterocycles. The van der Waals surface area contributed by atoms with Crippen molar-refractivity contribution in [2.45, 2.75) is 12.3 Å². The van der Waals surface area contributed by atoms with Crippen LogP contribution in [0.4, 0.5) is 17.1 Å². The highest BCUT2D eigenvalue weighted by atomic mass is 16.3. The molecule has 0 bridgehead atoms. The Morgan fingerprint density at radius 2 is 0.904 bits per heavy atom. The number of nitrogens with zero attached hydrogens (tertiary/aromatic N) is 1. The average molecular weight is 666 g/mol. The molecular formula is C50H35NO. The molecule has 2 nitrogen and oxygen atoms in total. The Morgan fingerprint density at radius 1 is 0.404 bits per heavy atom. The van der Waals surface area contributed by atoms with Gasteiger partial charge in [0.25, 0.3) is 0 Å². The molecule has 9 aromatic rings. The third kappa shape index (κ3) is 4.58. The molecular weight excluding hydrogens is 631 g/mol. The zero-order valence-electron chi connectivity index (χ0n) is 28.8. The lowest BCUT2D eigenvalue weighted by Crippen LogP contribution is -2.28. The van der Waals surface area contributed by atoms with Crippen LogP contribution in [-0.2, 0) is 5.41 Å². The summed E-state index contributed by atoms with van der Waals surface area (Å²) in [5, 5.41) is 2.28. The predicted molar refractivity (Wildman–Crippen MR) is 216 cm³/mol. The maximum Gasteiger partial charge on any atom is 0.143 e. The molecule has 8 aromatic carbocycles. The zero-order valence-corrected chi connectivity index (χ0v) is 28.8. The topological polar surface area (TPSA) is 16.4 Å². The van der Waals surface area contributed by atoms with Crippen molar-refractivity contribution < 1.29 is 4.42 Å². The number of anilines is 3. The van der Waals surface area contributed by atoms with Crippen molar-refractivity contribution >= 4 is 39.0 Å². The minimum absolute atomic E-state index is 0.430. The monoisotopic (exact) mass is 665 g/mol. The molecule has 10 rings (SSSR count). The van der Waals surface area contributed by atoms with E-state index >= 15 is 0 Å². The number of benzene rings is 8. The molecule has 0 spiro atoms. The van der Waals surface area contributed by atoms with Gasteiger partial charge in [0.2, 0.25) is 0 Å². The van der Waals surface area contributed by atoms with Crippen molar-refractivity contribution in [1.82, 2.24) is 0 Å². The van der Waals surface area contributed by atoms with E-state index in [0.29, 0.717) is 0 Å². The van der Waals surface area contributed by atoms with Gasteiger partial charge in [0.05, 0.1) is 5.41 Å². The maximum atomic E-state index is 6.39. The fraction of sp³-hybridized carbons (Fsp3) is 0.0400. The molecule has 2 heteroatoms. The number of para-hydroxylation sites is 2. The van der Waals surface area contributed by atoms with E-state index in [-0.39, 0.29) is 0 Å². The Morgan fingerprint density at radius 3 is 1.58 bits per heavy atom. The lowest BCUT2D eigenvalue weighted by atomic mass is 9.68. The van der Waals surface area contributed by atoms with Gasteiger partial charge in [0.1, 0.15) is 11.2 Å². The Labute approximate surface area is 303 Å². The summed E-state index contributed by atoms with van der Waals surface area (Å²) >= 11 is 0. The van der Waals surface area contributed by atoms with Crippen molar-refractivity contribution in [1.29, 1.82) is 0 Å². The van der Waals surface area contributed by atoms with E-state index in [0.717, 1.165) is 50.1 Å². The first-order chi connectivity index (χ1) is 25.7. The molecule has 0 saturated carbocycles. The molecule has 0 aliphatic heterocycles. The molecule has 1 aromatic heterocycles. The van der Waals surface area contributed by atoms with Gasteiger partial charge in [0, 0.05) is 33.4 Å². The Bertz CT molecular complexity index is 2680. The highest BCUT2D eigenvalue weighted by Gasteiger charge is 2.45. The van der Waals surface area contributed by atoms with Gasteiger partial charge in [-0.3, -0.25) is 0 Å². The van der Waals surface area contributed by atoms with Gasteiger partial charge < -0.3 is 9.32 Å². The number of furan rings is 1. The minimum Gasteiger partial charge on any atom is -0.455 e. The standard InChI is InChI=1S/C50H35NO/c1-34-22-28-38(29-23-34)51(39-30-24-35(25-31-39)41-17-11-18-45-44-16-7-10-21-48(44)52-49(41)45)40-32-26-37(27-33-40)50(36-12-3-2-4-13-36)46-19-8-5-14-42(46)43-15-6-9-20-47(43)50/h2-33H,1H3. The molecule has 0 radical (unpaired) electrons. The third-order valence-electron chi connectivity index (χ3n) is 10.9. The summed E-state index contributed by atoms with van der Waals surface area (Å²) in [5.74, 6) is 0. The minimum atomic E-state index is -0.430. The van der Waals surface area contributed by atoms with Crippen molar-refractivity contribution in [3.05, 3.63) is 222 Å². The lowest BCUT2D eigenvalue weighted by Gasteiger charge is -2.34. The van der Waals surface area contributed by atoms with E-state index < -0.39 is 5.41 Å². The van der Waals surface area contributed by atoms with Crippen molar-refractivity contribution in [2.24, 2.45) is 0 Å². The van der Waals surface area contributed by atoms with Crippen LogP contribution in [0, 0.1) is 6.92 Å². The highest BCUT2D eigenvalue weighted by Crippen LogP contribution is 2.56. The van der Waals surface area contributed by atoms with Gasteiger partial charge in [-0.05, 0) is 88.3 Å². The van der Waals surface area contributed by atoms with Crippen LogP contribution in [0.1, 0.15) is 27.8 Å². The zero-order chi connectivity index (χ0) is 34.6. The van der Waals surface area contributed by atoms with Crippen molar-refractivity contribution in [2.75, 3.05) is 4.90 Å². The number of aryl methyl sites for hydroxylation is 1. The van der Waals surface area contributed by atoms with E-state index in [1.807, 2.05) is 12.1 Å². The second kappa shape index (κ2) is 12.0. The molecule has 0 amide bonds. The summed E-state index contributed by atoms with van der Waals surface area (Å²) in [7, 11) is 0. The van der Waals surface area contributed by atoms with Crippen LogP contribution in [0.3, 0.4) is 0 Å². The number of hydrogen-bond acceptors (Lipinski definition) is 2. The van der Waals surface area contributed by atoms with Crippen LogP contribution < -0.4 is 4.90 Å². The molecule has 52 heavy (non-hydrogen) atoms. The van der Waals surface area contributed by atoms with Crippen LogP contribution >= 0.6 is 0 Å². The predicted octanol–water partition coefficient (Wildman–Crippen LogP) is 13.4. The fourth-order valence-electron chi connectivity index (χ4n) is 8.48. The fourth-order valence-corrected chi connectivity index (χ4v) is 8.48. The summed E-state index contributed by atoms with van der Waals surface area (Å²) in [4.78, 5) is 2.35. The molecule has 0 N–H and O–H groups in total. The Balaban J connectivity index is 1.10. The summed E-state index contributed by atoms with van der Waals surface area (Å²) in [6.07, 6.45) is 0. The first-order valence-corrected chi connectivity index (χ1v) is 17.9. The first kappa shape index (κ1) is 30.2. The third-order valence-corrected chi connectivity index (χ3v) is 10.9. The van der Waals surface area contributed by atoms with Gasteiger partial charge in [-0.15, -0.1) is 0 Å². The normalized spacial score (nSPS) is 12.9. The van der Waals surface area contributed by atoms with E-state index in [4.69, 9.17) is 4.42 Å². The number of fused-ring (bicyclic) bond motifs is 6. The summed E-state index contributed by atoms with van der Waals surface area (Å²) in [6.45, 7) is 2.14. The molecule has 0 fully saturated rings. The second-order valence-electron chi connectivity index (χ2n) is 13.8. The number of rotatable bonds is 6. The molecule has 0 unspecified atom stereocenters. The maximum absolute atomic E-state index is 6.39. The van der Waals surface area contributed by atoms with Crippen molar-refractivity contribution in [3.8, 4) is 22.3 Å². The van der Waals surface area contributed by atoms with Gasteiger partial charge in [-0.25, -0.2) is 0 Å². The average Bonchev–Trinajstić information content (AvgIpc) is 3.74. The summed E-state index contributed by atoms with van der Waals surface area (Å²) in [6, 6.07) is 70.4. The second-order valence-corrected chi connectivity index (χ2v) is 13.8. The smallest absolute Gasteiger partial charge is 0.143 e. The quantitative estimate of drug-likeness (QED) is 0.176. The van der Waals surface area contributed by atoms with Gasteiger partial charge in [-0.2, -0.15) is 0 Å². The Kier molecular flexibility index (Phi) is 6.97. The van der Waals surface area contributed by atoms with Crippen molar-refractivity contribution in [3.63, 3.8) is 0 Å². The van der Waals surface area contributed by atoms with Gasteiger partial charge in [0.15, 0.2) is 0 Å². The lowest BCUT2D eigenvalue weighted by molar-refractivity contribution is 0.670. The Hall–Kier alpha value is -6.64. The number of hydrogen-bond donors (Lipinski definition) is 0. The van der Waals surface area contributed by atoms with Gasteiger partial charge >= 0.3 is 0 Å². The molecule has 1 aliphatic rings. The molecule has 1 aliphatic carbocycles. The largest absolute Gasteiger partial charge is 0.455 e. The van der Waals surface area contributed by atoms with E-state index in [1.165, 1.54) is 38.9 Å². The van der Waals surface area contributed by atoms with Crippen LogP contribution in [-0.4, -0.2) is 0 Å². The SMILES string of the molecule is Cc1ccc(N(c2ccc(-c3cccc4c3oc3ccccc34)cc2)c2ccc(C3(c4ccccc4)c4ccccc4-c4ccccc43)cc2)cc1. The van der Waals surface area contributed by atoms with E-state index in [1.54, 1.807) is 0 Å². The molecule has 246 valence electrons. The molecule has 0 atom stereocenters.